The van der Waals surface area contributed by atoms with Crippen molar-refractivity contribution in [1.82, 2.24) is 4.90 Å². The minimum Gasteiger partial charge on any atom is -0.493 e. The molecule has 2 aromatic rings. The molecule has 1 aliphatic carbocycles. The van der Waals surface area contributed by atoms with E-state index in [4.69, 9.17) is 18.9 Å². The second kappa shape index (κ2) is 6.82. The zero-order valence-corrected chi connectivity index (χ0v) is 16.5. The molecule has 1 unspecified atom stereocenters. The normalized spacial score (nSPS) is 18.0. The minimum absolute atomic E-state index is 0.180. The highest BCUT2D eigenvalue weighted by Gasteiger charge is 2.34. The van der Waals surface area contributed by atoms with Crippen LogP contribution in [0.15, 0.2) is 30.3 Å². The fourth-order valence-corrected chi connectivity index (χ4v) is 4.28. The monoisotopic (exact) mass is 367 g/mol. The maximum absolute atomic E-state index is 5.55. The van der Waals surface area contributed by atoms with Crippen LogP contribution in [-0.2, 0) is 13.0 Å². The molecule has 4 rings (SSSR count). The Bertz CT molecular complexity index is 919. The Kier molecular flexibility index (Phi) is 4.48. The number of likely N-dealkylation sites (N-methyl/N-ethyl adjacent to an activating group) is 1. The molecule has 1 atom stereocenters. The molecule has 0 N–H and O–H groups in total. The number of methoxy groups -OCH3 is 4. The van der Waals surface area contributed by atoms with E-state index in [0.717, 1.165) is 36.0 Å². The number of hydrogen-bond donors (Lipinski definition) is 0. The lowest BCUT2D eigenvalue weighted by atomic mass is 9.79. The molecule has 1 aliphatic heterocycles. The lowest BCUT2D eigenvalue weighted by Crippen LogP contribution is -2.32. The van der Waals surface area contributed by atoms with E-state index in [2.05, 4.69) is 42.3 Å². The third-order valence-electron chi connectivity index (χ3n) is 5.56. The molecule has 0 spiro atoms. The number of benzene rings is 2. The quantitative estimate of drug-likeness (QED) is 0.821. The summed E-state index contributed by atoms with van der Waals surface area (Å²) < 4.78 is 22.1. The van der Waals surface area contributed by atoms with Crippen LogP contribution < -0.4 is 18.9 Å². The maximum Gasteiger partial charge on any atom is 0.161 e. The van der Waals surface area contributed by atoms with E-state index < -0.39 is 0 Å². The van der Waals surface area contributed by atoms with Crippen LogP contribution in [0.2, 0.25) is 0 Å². The SMILES string of the molecule is COc1cc2c(cc1OC)C1=CCc3cc(OC)c(OC)cc3C1N(C)C2. The second-order valence-corrected chi connectivity index (χ2v) is 6.95. The highest BCUT2D eigenvalue weighted by molar-refractivity contribution is 5.79. The van der Waals surface area contributed by atoms with Gasteiger partial charge in [-0.1, -0.05) is 6.08 Å². The van der Waals surface area contributed by atoms with Gasteiger partial charge < -0.3 is 18.9 Å². The predicted octanol–water partition coefficient (Wildman–Crippen LogP) is 3.85. The Morgan fingerprint density at radius 2 is 1.33 bits per heavy atom. The first-order valence-corrected chi connectivity index (χ1v) is 9.01. The topological polar surface area (TPSA) is 40.2 Å². The summed E-state index contributed by atoms with van der Waals surface area (Å²) in [4.78, 5) is 2.37. The van der Waals surface area contributed by atoms with Crippen molar-refractivity contribution in [2.24, 2.45) is 0 Å². The third kappa shape index (κ3) is 2.73. The molecule has 0 fully saturated rings. The van der Waals surface area contributed by atoms with Crippen LogP contribution in [0.5, 0.6) is 23.0 Å². The van der Waals surface area contributed by atoms with Gasteiger partial charge >= 0.3 is 0 Å². The molecule has 2 aliphatic rings. The Balaban J connectivity index is 1.86. The van der Waals surface area contributed by atoms with Gasteiger partial charge in [0.05, 0.1) is 34.5 Å². The molecule has 0 bridgehead atoms. The van der Waals surface area contributed by atoms with Gasteiger partial charge in [-0.15, -0.1) is 0 Å². The summed E-state index contributed by atoms with van der Waals surface area (Å²) in [7, 11) is 8.87. The Morgan fingerprint density at radius 3 is 1.96 bits per heavy atom. The first-order valence-electron chi connectivity index (χ1n) is 9.01. The van der Waals surface area contributed by atoms with Gasteiger partial charge in [-0.3, -0.25) is 4.90 Å². The summed E-state index contributed by atoms with van der Waals surface area (Å²) in [6.45, 7) is 0.839. The fourth-order valence-electron chi connectivity index (χ4n) is 4.28. The van der Waals surface area contributed by atoms with Gasteiger partial charge in [-0.25, -0.2) is 0 Å². The van der Waals surface area contributed by atoms with Gasteiger partial charge in [0.1, 0.15) is 0 Å². The van der Waals surface area contributed by atoms with E-state index in [1.54, 1.807) is 28.4 Å². The molecule has 2 aromatic carbocycles. The van der Waals surface area contributed by atoms with Crippen LogP contribution in [0.3, 0.4) is 0 Å². The van der Waals surface area contributed by atoms with E-state index in [1.807, 2.05) is 0 Å². The Morgan fingerprint density at radius 1 is 0.778 bits per heavy atom. The molecule has 0 saturated heterocycles. The molecule has 5 nitrogen and oxygen atoms in total. The smallest absolute Gasteiger partial charge is 0.161 e. The minimum atomic E-state index is 0.180. The highest BCUT2D eigenvalue weighted by Crippen LogP contribution is 2.49. The average Bonchev–Trinajstić information content (AvgIpc) is 2.71. The van der Waals surface area contributed by atoms with Crippen LogP contribution >= 0.6 is 0 Å². The van der Waals surface area contributed by atoms with Gasteiger partial charge in [0, 0.05) is 6.54 Å². The van der Waals surface area contributed by atoms with Crippen LogP contribution in [0, 0.1) is 0 Å². The second-order valence-electron chi connectivity index (χ2n) is 6.95. The van der Waals surface area contributed by atoms with E-state index in [-0.39, 0.29) is 6.04 Å². The Labute approximate surface area is 160 Å². The molecule has 5 heteroatoms. The van der Waals surface area contributed by atoms with Gasteiger partial charge in [-0.05, 0) is 65.6 Å². The zero-order valence-electron chi connectivity index (χ0n) is 16.5. The molecule has 0 radical (unpaired) electrons. The van der Waals surface area contributed by atoms with Crippen molar-refractivity contribution in [2.75, 3.05) is 35.5 Å². The van der Waals surface area contributed by atoms with Crippen LogP contribution in [-0.4, -0.2) is 40.4 Å². The van der Waals surface area contributed by atoms with E-state index >= 15 is 0 Å². The number of nitrogens with zero attached hydrogens (tertiary/aromatic N) is 1. The van der Waals surface area contributed by atoms with Crippen molar-refractivity contribution >= 4 is 5.57 Å². The van der Waals surface area contributed by atoms with Crippen molar-refractivity contribution in [3.63, 3.8) is 0 Å². The first-order chi connectivity index (χ1) is 13.1. The molecule has 142 valence electrons. The van der Waals surface area contributed by atoms with Gasteiger partial charge in [0.25, 0.3) is 0 Å². The number of rotatable bonds is 4. The van der Waals surface area contributed by atoms with E-state index in [1.165, 1.54) is 27.8 Å². The fraction of sp³-hybridized carbons (Fsp3) is 0.364. The number of allylic oxidation sites excluding steroid dienone is 1. The van der Waals surface area contributed by atoms with Crippen LogP contribution in [0.4, 0.5) is 0 Å². The molecule has 0 amide bonds. The lowest BCUT2D eigenvalue weighted by Gasteiger charge is -2.40. The summed E-state index contributed by atoms with van der Waals surface area (Å²) in [5.74, 6) is 3.08. The van der Waals surface area contributed by atoms with Crippen LogP contribution in [0.1, 0.15) is 28.3 Å². The van der Waals surface area contributed by atoms with Crippen molar-refractivity contribution in [1.29, 1.82) is 0 Å². The first kappa shape index (κ1) is 17.7. The van der Waals surface area contributed by atoms with Crippen molar-refractivity contribution < 1.29 is 18.9 Å². The number of hydrogen-bond acceptors (Lipinski definition) is 5. The molecule has 0 saturated carbocycles. The average molecular weight is 367 g/mol. The van der Waals surface area contributed by atoms with Gasteiger partial charge in [-0.2, -0.15) is 0 Å². The molecular formula is C22H25NO4. The summed E-state index contributed by atoms with van der Waals surface area (Å²) in [6, 6.07) is 8.59. The lowest BCUT2D eigenvalue weighted by molar-refractivity contribution is 0.269. The van der Waals surface area contributed by atoms with Gasteiger partial charge in [0.15, 0.2) is 23.0 Å². The van der Waals surface area contributed by atoms with E-state index in [0.29, 0.717) is 0 Å². The highest BCUT2D eigenvalue weighted by atomic mass is 16.5. The van der Waals surface area contributed by atoms with E-state index in [9.17, 15) is 0 Å². The van der Waals surface area contributed by atoms with Crippen molar-refractivity contribution in [2.45, 2.75) is 19.0 Å². The number of ether oxygens (including phenoxy) is 4. The molecule has 27 heavy (non-hydrogen) atoms. The Hall–Kier alpha value is -2.66. The van der Waals surface area contributed by atoms with Crippen molar-refractivity contribution in [3.8, 4) is 23.0 Å². The summed E-state index contributed by atoms with van der Waals surface area (Å²) in [6.07, 6.45) is 3.18. The summed E-state index contributed by atoms with van der Waals surface area (Å²) in [5, 5.41) is 0. The van der Waals surface area contributed by atoms with Gasteiger partial charge in [0.2, 0.25) is 0 Å². The standard InChI is InChI=1S/C22H25NO4/c1-23-12-14-9-19(25-3)20(26-4)10-16(14)15-7-6-13-8-18(24-2)21(27-5)11-17(13)22(15)23/h7-11,22H,6,12H2,1-5H3. The zero-order chi connectivity index (χ0) is 19.1. The predicted molar refractivity (Wildman–Crippen MR) is 105 cm³/mol. The summed E-state index contributed by atoms with van der Waals surface area (Å²) >= 11 is 0. The molecular weight excluding hydrogens is 342 g/mol. The van der Waals surface area contributed by atoms with Crippen molar-refractivity contribution in [3.05, 3.63) is 52.6 Å². The maximum atomic E-state index is 5.55. The molecule has 0 aromatic heterocycles. The largest absolute Gasteiger partial charge is 0.493 e. The summed E-state index contributed by atoms with van der Waals surface area (Å²) in [5.41, 5.74) is 6.34. The molecule has 1 heterocycles. The van der Waals surface area contributed by atoms with Crippen LogP contribution in [0.25, 0.3) is 5.57 Å². The number of fused-ring (bicyclic) bond motifs is 5. The third-order valence-corrected chi connectivity index (χ3v) is 5.56.